The summed E-state index contributed by atoms with van der Waals surface area (Å²) in [6.07, 6.45) is -1.56. The summed E-state index contributed by atoms with van der Waals surface area (Å²) in [6, 6.07) is 0.0186. The van der Waals surface area contributed by atoms with Gasteiger partial charge in [0.2, 0.25) is 5.91 Å². The molecule has 0 aromatic heterocycles. The summed E-state index contributed by atoms with van der Waals surface area (Å²) < 4.78 is 35.8. The van der Waals surface area contributed by atoms with Crippen molar-refractivity contribution >= 4 is 5.91 Å². The average molecular weight is 238 g/mol. The minimum Gasteiger partial charge on any atom is -0.350 e. The number of halogens is 3. The molecule has 0 spiro atoms. The van der Waals surface area contributed by atoms with Crippen LogP contribution in [0.4, 0.5) is 13.2 Å². The largest absolute Gasteiger partial charge is 0.401 e. The van der Waals surface area contributed by atoms with Gasteiger partial charge in [0.05, 0.1) is 6.54 Å². The quantitative estimate of drug-likeness (QED) is 0.737. The van der Waals surface area contributed by atoms with Crippen molar-refractivity contribution < 1.29 is 18.0 Å². The highest BCUT2D eigenvalue weighted by molar-refractivity contribution is 5.87. The van der Waals surface area contributed by atoms with E-state index < -0.39 is 12.7 Å². The van der Waals surface area contributed by atoms with Crippen molar-refractivity contribution in [2.45, 2.75) is 26.1 Å². The molecule has 0 aromatic rings. The maximum atomic E-state index is 11.9. The number of amides is 1. The molecule has 0 saturated heterocycles. The van der Waals surface area contributed by atoms with Gasteiger partial charge in [-0.25, -0.2) is 0 Å². The number of nitrogens with zero attached hydrogens (tertiary/aromatic N) is 1. The van der Waals surface area contributed by atoms with Crippen LogP contribution >= 0.6 is 0 Å². The lowest BCUT2D eigenvalue weighted by molar-refractivity contribution is -0.141. The summed E-state index contributed by atoms with van der Waals surface area (Å²) in [4.78, 5) is 12.2. The van der Waals surface area contributed by atoms with Gasteiger partial charge < -0.3 is 5.32 Å². The van der Waals surface area contributed by atoms with Crippen molar-refractivity contribution in [2.75, 3.05) is 20.1 Å². The second-order valence-electron chi connectivity index (χ2n) is 3.88. The Balaban J connectivity index is 3.87. The first kappa shape index (κ1) is 15.0. The molecule has 0 fully saturated rings. The van der Waals surface area contributed by atoms with E-state index in [4.69, 9.17) is 0 Å². The van der Waals surface area contributed by atoms with Crippen LogP contribution in [0, 0.1) is 0 Å². The van der Waals surface area contributed by atoms with Gasteiger partial charge in [-0.1, -0.05) is 6.08 Å². The smallest absolute Gasteiger partial charge is 0.350 e. The van der Waals surface area contributed by atoms with Gasteiger partial charge in [0.1, 0.15) is 0 Å². The summed E-state index contributed by atoms with van der Waals surface area (Å²) in [7, 11) is 1.35. The topological polar surface area (TPSA) is 32.3 Å². The van der Waals surface area contributed by atoms with E-state index in [1.54, 1.807) is 0 Å². The molecule has 0 rings (SSSR count). The maximum Gasteiger partial charge on any atom is 0.401 e. The summed E-state index contributed by atoms with van der Waals surface area (Å²) in [5, 5.41) is 2.60. The summed E-state index contributed by atoms with van der Waals surface area (Å²) >= 11 is 0. The summed E-state index contributed by atoms with van der Waals surface area (Å²) in [5.74, 6) is -0.296. The van der Waals surface area contributed by atoms with Gasteiger partial charge in [-0.3, -0.25) is 9.69 Å². The SMILES string of the molecule is CC(C)NC(=O)/C=C/CN(C)CC(F)(F)F. The van der Waals surface area contributed by atoms with E-state index in [2.05, 4.69) is 5.32 Å². The number of carbonyl (C=O) groups is 1. The van der Waals surface area contributed by atoms with Crippen LogP contribution in [0.25, 0.3) is 0 Å². The third kappa shape index (κ3) is 9.51. The van der Waals surface area contributed by atoms with Crippen molar-refractivity contribution in [3.8, 4) is 0 Å². The Morgan fingerprint density at radius 3 is 2.44 bits per heavy atom. The van der Waals surface area contributed by atoms with Crippen molar-refractivity contribution in [3.05, 3.63) is 12.2 Å². The fraction of sp³-hybridized carbons (Fsp3) is 0.700. The van der Waals surface area contributed by atoms with Crippen LogP contribution in [-0.4, -0.2) is 43.2 Å². The second-order valence-corrected chi connectivity index (χ2v) is 3.88. The minimum absolute atomic E-state index is 0.0186. The molecule has 0 aromatic carbocycles. The highest BCUT2D eigenvalue weighted by Gasteiger charge is 2.28. The van der Waals surface area contributed by atoms with Crippen LogP contribution in [0.2, 0.25) is 0 Å². The van der Waals surface area contributed by atoms with E-state index in [9.17, 15) is 18.0 Å². The fourth-order valence-corrected chi connectivity index (χ4v) is 1.04. The highest BCUT2D eigenvalue weighted by atomic mass is 19.4. The summed E-state index contributed by atoms with van der Waals surface area (Å²) in [5.41, 5.74) is 0. The molecule has 1 N–H and O–H groups in total. The molecular formula is C10H17F3N2O. The van der Waals surface area contributed by atoms with Gasteiger partial charge >= 0.3 is 6.18 Å². The standard InChI is InChI=1S/C10H17F3N2O/c1-8(2)14-9(16)5-4-6-15(3)7-10(11,12)13/h4-5,8H,6-7H2,1-3H3,(H,14,16)/b5-4+. The lowest BCUT2D eigenvalue weighted by Gasteiger charge is -2.16. The first-order chi connectivity index (χ1) is 7.20. The predicted molar refractivity (Wildman–Crippen MR) is 56.0 cm³/mol. The van der Waals surface area contributed by atoms with Crippen LogP contribution in [0.5, 0.6) is 0 Å². The maximum absolute atomic E-state index is 11.9. The lowest BCUT2D eigenvalue weighted by Crippen LogP contribution is -2.31. The Labute approximate surface area is 93.3 Å². The van der Waals surface area contributed by atoms with Gasteiger partial charge in [-0.05, 0) is 20.9 Å². The molecule has 3 nitrogen and oxygen atoms in total. The molecule has 0 saturated carbocycles. The number of carbonyl (C=O) groups excluding carboxylic acids is 1. The molecule has 0 aliphatic carbocycles. The van der Waals surface area contributed by atoms with E-state index in [0.29, 0.717) is 0 Å². The first-order valence-corrected chi connectivity index (χ1v) is 4.93. The van der Waals surface area contributed by atoms with Crippen molar-refractivity contribution in [3.63, 3.8) is 0 Å². The fourth-order valence-electron chi connectivity index (χ4n) is 1.04. The van der Waals surface area contributed by atoms with E-state index in [1.807, 2.05) is 13.8 Å². The number of nitrogens with one attached hydrogen (secondary N) is 1. The molecule has 0 bridgehead atoms. The van der Waals surface area contributed by atoms with Crippen LogP contribution < -0.4 is 5.32 Å². The number of likely N-dealkylation sites (N-methyl/N-ethyl adjacent to an activating group) is 1. The minimum atomic E-state index is -4.21. The molecule has 6 heteroatoms. The zero-order chi connectivity index (χ0) is 12.8. The number of rotatable bonds is 5. The van der Waals surface area contributed by atoms with Gasteiger partial charge in [0.15, 0.2) is 0 Å². The number of alkyl halides is 3. The van der Waals surface area contributed by atoms with E-state index in [0.717, 1.165) is 4.90 Å². The Morgan fingerprint density at radius 2 is 2.00 bits per heavy atom. The van der Waals surface area contributed by atoms with E-state index >= 15 is 0 Å². The first-order valence-electron chi connectivity index (χ1n) is 4.93. The Morgan fingerprint density at radius 1 is 1.44 bits per heavy atom. The van der Waals surface area contributed by atoms with E-state index in [1.165, 1.54) is 19.2 Å². The molecule has 0 atom stereocenters. The summed E-state index contributed by atoms with van der Waals surface area (Å²) in [6.45, 7) is 2.72. The third-order valence-corrected chi connectivity index (χ3v) is 1.57. The van der Waals surface area contributed by atoms with Gasteiger partial charge in [-0.15, -0.1) is 0 Å². The second kappa shape index (κ2) is 6.52. The van der Waals surface area contributed by atoms with Crippen LogP contribution in [0.1, 0.15) is 13.8 Å². The van der Waals surface area contributed by atoms with Crippen LogP contribution in [-0.2, 0) is 4.79 Å². The van der Waals surface area contributed by atoms with Gasteiger partial charge in [0, 0.05) is 18.7 Å². The lowest BCUT2D eigenvalue weighted by atomic mass is 10.3. The zero-order valence-corrected chi connectivity index (χ0v) is 9.64. The number of hydrogen-bond donors (Lipinski definition) is 1. The van der Waals surface area contributed by atoms with Crippen molar-refractivity contribution in [2.24, 2.45) is 0 Å². The normalized spacial score (nSPS) is 12.8. The van der Waals surface area contributed by atoms with Gasteiger partial charge in [0.25, 0.3) is 0 Å². The van der Waals surface area contributed by atoms with Gasteiger partial charge in [-0.2, -0.15) is 13.2 Å². The molecule has 1 amide bonds. The molecule has 0 heterocycles. The van der Waals surface area contributed by atoms with Crippen molar-refractivity contribution in [1.82, 2.24) is 10.2 Å². The molecular weight excluding hydrogens is 221 g/mol. The molecule has 0 aliphatic heterocycles. The molecule has 0 aliphatic rings. The van der Waals surface area contributed by atoms with E-state index in [-0.39, 0.29) is 18.5 Å². The van der Waals surface area contributed by atoms with Crippen LogP contribution in [0.3, 0.4) is 0 Å². The predicted octanol–water partition coefficient (Wildman–Crippen LogP) is 1.56. The molecule has 0 radical (unpaired) electrons. The molecule has 94 valence electrons. The highest BCUT2D eigenvalue weighted by Crippen LogP contribution is 2.15. The van der Waals surface area contributed by atoms with Crippen molar-refractivity contribution in [1.29, 1.82) is 0 Å². The Hall–Kier alpha value is -1.04. The Kier molecular flexibility index (Phi) is 6.10. The van der Waals surface area contributed by atoms with Crippen LogP contribution in [0.15, 0.2) is 12.2 Å². The third-order valence-electron chi connectivity index (χ3n) is 1.57. The Bertz CT molecular complexity index is 249. The average Bonchev–Trinajstić information content (AvgIpc) is 1.98. The molecule has 0 unspecified atom stereocenters. The monoisotopic (exact) mass is 238 g/mol. The molecule has 16 heavy (non-hydrogen) atoms. The number of hydrogen-bond acceptors (Lipinski definition) is 2. The zero-order valence-electron chi connectivity index (χ0n) is 9.64.